The van der Waals surface area contributed by atoms with Gasteiger partial charge >= 0.3 is 0 Å². The summed E-state index contributed by atoms with van der Waals surface area (Å²) in [6, 6.07) is 14.2. The molecule has 0 aliphatic rings. The summed E-state index contributed by atoms with van der Waals surface area (Å²) in [5, 5.41) is 3.13. The molecule has 0 saturated carbocycles. The average molecular weight is 281 g/mol. The highest BCUT2D eigenvalue weighted by molar-refractivity contribution is 5.94. The van der Waals surface area contributed by atoms with Gasteiger partial charge in [-0.3, -0.25) is 4.79 Å². The predicted molar refractivity (Wildman–Crippen MR) is 87.6 cm³/mol. The van der Waals surface area contributed by atoms with Crippen LogP contribution in [0.3, 0.4) is 0 Å². The lowest BCUT2D eigenvalue weighted by Crippen LogP contribution is -2.28. The number of aryl methyl sites for hydroxylation is 3. The van der Waals surface area contributed by atoms with Crippen molar-refractivity contribution in [1.82, 2.24) is 5.32 Å². The summed E-state index contributed by atoms with van der Waals surface area (Å²) in [5.41, 5.74) is 5.46. The van der Waals surface area contributed by atoms with Crippen molar-refractivity contribution >= 4 is 5.91 Å². The number of hydrogen-bond donors (Lipinski definition) is 1. The van der Waals surface area contributed by atoms with Crippen molar-refractivity contribution in [2.75, 3.05) is 0 Å². The van der Waals surface area contributed by atoms with Gasteiger partial charge in [-0.05, 0) is 56.0 Å². The first-order chi connectivity index (χ1) is 10.0. The van der Waals surface area contributed by atoms with E-state index in [0.29, 0.717) is 0 Å². The number of rotatable bonds is 4. The fourth-order valence-corrected chi connectivity index (χ4v) is 2.34. The summed E-state index contributed by atoms with van der Waals surface area (Å²) >= 11 is 0. The van der Waals surface area contributed by atoms with E-state index in [1.54, 1.807) is 0 Å². The topological polar surface area (TPSA) is 29.1 Å². The van der Waals surface area contributed by atoms with Gasteiger partial charge in [0.05, 0.1) is 6.04 Å². The van der Waals surface area contributed by atoms with Gasteiger partial charge in [0.25, 0.3) is 5.91 Å². The zero-order chi connectivity index (χ0) is 15.4. The first-order valence-corrected chi connectivity index (χ1v) is 7.46. The summed E-state index contributed by atoms with van der Waals surface area (Å²) in [4.78, 5) is 12.4. The van der Waals surface area contributed by atoms with Gasteiger partial charge in [-0.2, -0.15) is 0 Å². The van der Waals surface area contributed by atoms with Crippen molar-refractivity contribution in [3.05, 3.63) is 70.3 Å². The lowest BCUT2D eigenvalue weighted by Gasteiger charge is -2.18. The largest absolute Gasteiger partial charge is 0.345 e. The Balaban J connectivity index is 2.15. The van der Waals surface area contributed by atoms with Crippen LogP contribution in [0.4, 0.5) is 0 Å². The van der Waals surface area contributed by atoms with Crippen LogP contribution in [0.2, 0.25) is 0 Å². The average Bonchev–Trinajstić information content (AvgIpc) is 2.48. The van der Waals surface area contributed by atoms with Crippen molar-refractivity contribution < 1.29 is 4.79 Å². The Morgan fingerprint density at radius 3 is 2.24 bits per heavy atom. The van der Waals surface area contributed by atoms with Gasteiger partial charge in [-0.1, -0.05) is 42.8 Å². The minimum Gasteiger partial charge on any atom is -0.345 e. The quantitative estimate of drug-likeness (QED) is 0.878. The predicted octanol–water partition coefficient (Wildman–Crippen LogP) is 4.49. The number of hydrogen-bond acceptors (Lipinski definition) is 1. The highest BCUT2D eigenvalue weighted by Gasteiger charge is 2.14. The zero-order valence-corrected chi connectivity index (χ0v) is 13.2. The van der Waals surface area contributed by atoms with E-state index in [1.165, 1.54) is 11.1 Å². The Hall–Kier alpha value is -2.09. The van der Waals surface area contributed by atoms with Crippen LogP contribution in [0.15, 0.2) is 42.5 Å². The number of nitrogens with one attached hydrogen (secondary N) is 1. The van der Waals surface area contributed by atoms with Gasteiger partial charge in [0.2, 0.25) is 0 Å². The van der Waals surface area contributed by atoms with E-state index in [4.69, 9.17) is 0 Å². The minimum atomic E-state index is -0.00877. The number of amides is 1. The fourth-order valence-electron chi connectivity index (χ4n) is 2.34. The van der Waals surface area contributed by atoms with Crippen LogP contribution in [0.25, 0.3) is 0 Å². The molecule has 0 heterocycles. The van der Waals surface area contributed by atoms with Crippen LogP contribution < -0.4 is 5.32 Å². The Morgan fingerprint density at radius 1 is 1.00 bits per heavy atom. The molecule has 0 radical (unpaired) electrons. The molecule has 0 saturated heterocycles. The molecule has 1 atom stereocenters. The maximum absolute atomic E-state index is 12.4. The molecule has 0 unspecified atom stereocenters. The van der Waals surface area contributed by atoms with Crippen molar-refractivity contribution in [3.8, 4) is 0 Å². The molecule has 0 fully saturated rings. The van der Waals surface area contributed by atoms with Crippen molar-refractivity contribution in [2.24, 2.45) is 0 Å². The summed E-state index contributed by atoms with van der Waals surface area (Å²) < 4.78 is 0. The van der Waals surface area contributed by atoms with Crippen LogP contribution in [0.1, 0.15) is 52.0 Å². The molecule has 2 nitrogen and oxygen atoms in total. The van der Waals surface area contributed by atoms with Gasteiger partial charge < -0.3 is 5.32 Å². The molecule has 2 aromatic rings. The monoisotopic (exact) mass is 281 g/mol. The molecule has 0 aromatic heterocycles. The zero-order valence-electron chi connectivity index (χ0n) is 13.2. The molecule has 2 aromatic carbocycles. The van der Waals surface area contributed by atoms with Gasteiger partial charge in [-0.15, -0.1) is 0 Å². The number of carbonyl (C=O) groups excluding carboxylic acids is 1. The second-order valence-electron chi connectivity index (χ2n) is 5.64. The maximum atomic E-state index is 12.4. The normalized spacial score (nSPS) is 12.0. The smallest absolute Gasteiger partial charge is 0.251 e. The first-order valence-electron chi connectivity index (χ1n) is 7.46. The van der Waals surface area contributed by atoms with Crippen molar-refractivity contribution in [3.63, 3.8) is 0 Å². The summed E-state index contributed by atoms with van der Waals surface area (Å²) in [6.07, 6.45) is 0.875. The Labute approximate surface area is 127 Å². The van der Waals surface area contributed by atoms with Crippen molar-refractivity contribution in [1.29, 1.82) is 0 Å². The molecule has 110 valence electrons. The van der Waals surface area contributed by atoms with Crippen molar-refractivity contribution in [2.45, 2.75) is 40.2 Å². The highest BCUT2D eigenvalue weighted by atomic mass is 16.1. The third kappa shape index (κ3) is 3.72. The van der Waals surface area contributed by atoms with E-state index < -0.39 is 0 Å². The van der Waals surface area contributed by atoms with Crippen LogP contribution in [-0.4, -0.2) is 5.91 Å². The van der Waals surface area contributed by atoms with Crippen LogP contribution >= 0.6 is 0 Å². The molecule has 1 amide bonds. The lowest BCUT2D eigenvalue weighted by atomic mass is 10.0. The van der Waals surface area contributed by atoms with Crippen LogP contribution in [0, 0.1) is 20.8 Å². The van der Waals surface area contributed by atoms with E-state index in [9.17, 15) is 4.79 Å². The summed E-state index contributed by atoms with van der Waals surface area (Å²) in [6.45, 7) is 8.24. The van der Waals surface area contributed by atoms with E-state index in [0.717, 1.165) is 23.1 Å². The summed E-state index contributed by atoms with van der Waals surface area (Å²) in [5.74, 6) is -0.00877. The molecule has 0 aliphatic carbocycles. The third-order valence-electron chi connectivity index (χ3n) is 3.96. The molecule has 2 rings (SSSR count). The third-order valence-corrected chi connectivity index (χ3v) is 3.96. The van der Waals surface area contributed by atoms with E-state index >= 15 is 0 Å². The van der Waals surface area contributed by atoms with Gasteiger partial charge in [-0.25, -0.2) is 0 Å². The van der Waals surface area contributed by atoms with Crippen LogP contribution in [0.5, 0.6) is 0 Å². The molecule has 1 N–H and O–H groups in total. The van der Waals surface area contributed by atoms with Crippen LogP contribution in [-0.2, 0) is 0 Å². The number of benzene rings is 2. The van der Waals surface area contributed by atoms with Gasteiger partial charge in [0.15, 0.2) is 0 Å². The maximum Gasteiger partial charge on any atom is 0.251 e. The lowest BCUT2D eigenvalue weighted by molar-refractivity contribution is 0.0935. The molecular formula is C19H23NO. The Kier molecular flexibility index (Phi) is 4.79. The Morgan fingerprint density at radius 2 is 1.67 bits per heavy atom. The van der Waals surface area contributed by atoms with Gasteiger partial charge in [0.1, 0.15) is 0 Å². The molecule has 0 spiro atoms. The number of carbonyl (C=O) groups is 1. The Bertz CT molecular complexity index is 629. The minimum absolute atomic E-state index is 0.00877. The standard InChI is InChI=1S/C19H23NO/c1-5-18(16-9-6-13(2)7-10-16)20-19(21)17-11-8-14(3)15(4)12-17/h6-12,18H,5H2,1-4H3,(H,20,21)/t18-/m0/s1. The fraction of sp³-hybridized carbons (Fsp3) is 0.316. The second kappa shape index (κ2) is 6.57. The van der Waals surface area contributed by atoms with E-state index in [2.05, 4.69) is 50.4 Å². The first kappa shape index (κ1) is 15.3. The summed E-state index contributed by atoms with van der Waals surface area (Å²) in [7, 11) is 0. The molecule has 21 heavy (non-hydrogen) atoms. The molecule has 0 bridgehead atoms. The van der Waals surface area contributed by atoms with Gasteiger partial charge in [0, 0.05) is 5.56 Å². The van der Waals surface area contributed by atoms with E-state index in [-0.39, 0.29) is 11.9 Å². The molecular weight excluding hydrogens is 258 g/mol. The second-order valence-corrected chi connectivity index (χ2v) is 5.64. The SMILES string of the molecule is CC[C@H](NC(=O)c1ccc(C)c(C)c1)c1ccc(C)cc1. The molecule has 0 aliphatic heterocycles. The molecule has 2 heteroatoms. The highest BCUT2D eigenvalue weighted by Crippen LogP contribution is 2.18. The van der Waals surface area contributed by atoms with E-state index in [1.807, 2.05) is 25.1 Å².